The molecule has 1 aromatic heterocycles. The normalized spacial score (nSPS) is 10.5. The van der Waals surface area contributed by atoms with E-state index in [9.17, 15) is 4.79 Å². The van der Waals surface area contributed by atoms with Gasteiger partial charge >= 0.3 is 0 Å². The van der Waals surface area contributed by atoms with Crippen molar-refractivity contribution in [2.24, 2.45) is 0 Å². The highest BCUT2D eigenvalue weighted by Gasteiger charge is 2.13. The largest absolute Gasteiger partial charge is 0.490 e. The molecule has 3 rings (SSSR count). The Labute approximate surface area is 180 Å². The molecule has 0 bridgehead atoms. The highest BCUT2D eigenvalue weighted by atomic mass is 35.5. The lowest BCUT2D eigenvalue weighted by Crippen LogP contribution is -2.22. The van der Waals surface area contributed by atoms with E-state index in [0.29, 0.717) is 47.8 Å². The molecule has 158 valence electrons. The van der Waals surface area contributed by atoms with E-state index >= 15 is 0 Å². The summed E-state index contributed by atoms with van der Waals surface area (Å²) in [6.07, 6.45) is 0. The topological polar surface area (TPSA) is 69.9 Å². The Morgan fingerprint density at radius 3 is 2.47 bits per heavy atom. The summed E-state index contributed by atoms with van der Waals surface area (Å²) < 4.78 is 22.4. The quantitative estimate of drug-likeness (QED) is 0.477. The zero-order valence-corrected chi connectivity index (χ0v) is 17.7. The number of ether oxygens (including phenoxy) is 3. The van der Waals surface area contributed by atoms with E-state index < -0.39 is 0 Å². The van der Waals surface area contributed by atoms with Crippen molar-refractivity contribution in [1.82, 2.24) is 5.32 Å². The fourth-order valence-corrected chi connectivity index (χ4v) is 2.95. The third kappa shape index (κ3) is 5.70. The zero-order valence-electron chi connectivity index (χ0n) is 16.9. The third-order valence-electron chi connectivity index (χ3n) is 4.15. The minimum absolute atomic E-state index is 0.174. The molecule has 0 fully saturated rings. The molecule has 0 aliphatic rings. The van der Waals surface area contributed by atoms with Crippen LogP contribution in [0, 0.1) is 0 Å². The van der Waals surface area contributed by atoms with E-state index in [1.165, 1.54) is 0 Å². The zero-order chi connectivity index (χ0) is 21.3. The fraction of sp³-hybridized carbons (Fsp3) is 0.261. The van der Waals surface area contributed by atoms with Gasteiger partial charge in [-0.3, -0.25) is 4.79 Å². The molecule has 7 heteroatoms. The number of furan rings is 1. The van der Waals surface area contributed by atoms with Crippen LogP contribution in [0.3, 0.4) is 0 Å². The van der Waals surface area contributed by atoms with E-state index in [4.69, 9.17) is 30.2 Å². The number of rotatable bonds is 10. The first-order valence-corrected chi connectivity index (χ1v) is 10.1. The second-order valence-corrected chi connectivity index (χ2v) is 6.72. The van der Waals surface area contributed by atoms with Gasteiger partial charge < -0.3 is 23.9 Å². The summed E-state index contributed by atoms with van der Waals surface area (Å²) in [5, 5.41) is 3.36. The van der Waals surface area contributed by atoms with Crippen molar-refractivity contribution in [2.45, 2.75) is 27.0 Å². The van der Waals surface area contributed by atoms with E-state index in [2.05, 4.69) is 5.32 Å². The van der Waals surface area contributed by atoms with Crippen molar-refractivity contribution in [3.05, 3.63) is 76.7 Å². The van der Waals surface area contributed by atoms with Gasteiger partial charge in [0, 0.05) is 6.54 Å². The number of hydrogen-bond acceptors (Lipinski definition) is 5. The van der Waals surface area contributed by atoms with Gasteiger partial charge in [-0.2, -0.15) is 0 Å². The summed E-state index contributed by atoms with van der Waals surface area (Å²) in [6, 6.07) is 16.1. The molecule has 2 aromatic carbocycles. The van der Waals surface area contributed by atoms with Crippen LogP contribution < -0.4 is 19.5 Å². The molecule has 0 saturated carbocycles. The molecule has 30 heavy (non-hydrogen) atoms. The monoisotopic (exact) mass is 429 g/mol. The van der Waals surface area contributed by atoms with E-state index in [1.807, 2.05) is 44.2 Å². The lowest BCUT2D eigenvalue weighted by molar-refractivity contribution is 0.0919. The number of benzene rings is 2. The van der Waals surface area contributed by atoms with Crippen molar-refractivity contribution >= 4 is 17.5 Å². The number of carbonyl (C=O) groups excluding carboxylic acids is 1. The van der Waals surface area contributed by atoms with Crippen molar-refractivity contribution in [3.8, 4) is 17.2 Å². The van der Waals surface area contributed by atoms with Gasteiger partial charge in [0.15, 0.2) is 17.3 Å². The van der Waals surface area contributed by atoms with Crippen LogP contribution in [0.5, 0.6) is 17.2 Å². The fourth-order valence-electron chi connectivity index (χ4n) is 2.76. The van der Waals surface area contributed by atoms with E-state index in [1.54, 1.807) is 24.3 Å². The van der Waals surface area contributed by atoms with Gasteiger partial charge in [-0.15, -0.1) is 0 Å². The minimum atomic E-state index is -0.314. The average molecular weight is 430 g/mol. The Kier molecular flexibility index (Phi) is 7.63. The number of carbonyl (C=O) groups is 1. The van der Waals surface area contributed by atoms with Crippen molar-refractivity contribution < 1.29 is 23.4 Å². The number of nitrogens with one attached hydrogen (secondary N) is 1. The molecular formula is C23H24ClNO5. The minimum Gasteiger partial charge on any atom is -0.490 e. The second kappa shape index (κ2) is 10.6. The van der Waals surface area contributed by atoms with Crippen LogP contribution in [0.15, 0.2) is 59.0 Å². The molecule has 0 aliphatic heterocycles. The molecule has 1 heterocycles. The summed E-state index contributed by atoms with van der Waals surface area (Å²) in [7, 11) is 0. The molecule has 0 spiro atoms. The van der Waals surface area contributed by atoms with Crippen LogP contribution >= 0.6 is 11.6 Å². The van der Waals surface area contributed by atoms with Gasteiger partial charge in [-0.25, -0.2) is 0 Å². The first-order chi connectivity index (χ1) is 14.6. The van der Waals surface area contributed by atoms with Crippen LogP contribution in [0.1, 0.15) is 35.7 Å². The SMILES string of the molecule is CCOc1ccc(CNC(=O)c2ccc(COc3ccccc3Cl)o2)cc1OCC. The molecule has 0 aliphatic carbocycles. The summed E-state index contributed by atoms with van der Waals surface area (Å²) in [5.41, 5.74) is 0.893. The van der Waals surface area contributed by atoms with Crippen LogP contribution in [0.4, 0.5) is 0 Å². The highest BCUT2D eigenvalue weighted by Crippen LogP contribution is 2.28. The molecular weight excluding hydrogens is 406 g/mol. The van der Waals surface area contributed by atoms with Gasteiger partial charge in [0.2, 0.25) is 0 Å². The van der Waals surface area contributed by atoms with Gasteiger partial charge in [-0.05, 0) is 55.8 Å². The molecule has 1 amide bonds. The number of para-hydroxylation sites is 1. The molecule has 0 unspecified atom stereocenters. The maximum Gasteiger partial charge on any atom is 0.287 e. The average Bonchev–Trinajstić information content (AvgIpc) is 3.22. The van der Waals surface area contributed by atoms with Gasteiger partial charge in [0.05, 0.1) is 18.2 Å². The van der Waals surface area contributed by atoms with Crippen LogP contribution in [0.25, 0.3) is 0 Å². The van der Waals surface area contributed by atoms with Crippen LogP contribution in [-0.2, 0) is 13.2 Å². The van der Waals surface area contributed by atoms with Gasteiger partial charge in [0.1, 0.15) is 18.1 Å². The smallest absolute Gasteiger partial charge is 0.287 e. The molecule has 0 saturated heterocycles. The first kappa shape index (κ1) is 21.6. The number of amides is 1. The maximum atomic E-state index is 12.4. The summed E-state index contributed by atoms with van der Waals surface area (Å²) in [5.74, 6) is 2.32. The molecule has 0 radical (unpaired) electrons. The Morgan fingerprint density at radius 2 is 1.70 bits per heavy atom. The summed E-state index contributed by atoms with van der Waals surface area (Å²) in [4.78, 5) is 12.4. The van der Waals surface area contributed by atoms with Crippen molar-refractivity contribution in [1.29, 1.82) is 0 Å². The summed E-state index contributed by atoms with van der Waals surface area (Å²) >= 11 is 6.07. The predicted molar refractivity (Wildman–Crippen MR) is 114 cm³/mol. The molecule has 0 atom stereocenters. The van der Waals surface area contributed by atoms with Crippen LogP contribution in [-0.4, -0.2) is 19.1 Å². The first-order valence-electron chi connectivity index (χ1n) is 9.73. The van der Waals surface area contributed by atoms with E-state index in [0.717, 1.165) is 5.56 Å². The molecule has 6 nitrogen and oxygen atoms in total. The Bertz CT molecular complexity index is 985. The Balaban J connectivity index is 1.56. The maximum absolute atomic E-state index is 12.4. The third-order valence-corrected chi connectivity index (χ3v) is 4.47. The van der Waals surface area contributed by atoms with Crippen molar-refractivity contribution in [2.75, 3.05) is 13.2 Å². The van der Waals surface area contributed by atoms with Gasteiger partial charge in [-0.1, -0.05) is 29.8 Å². The number of hydrogen-bond donors (Lipinski definition) is 1. The van der Waals surface area contributed by atoms with Gasteiger partial charge in [0.25, 0.3) is 5.91 Å². The van der Waals surface area contributed by atoms with E-state index in [-0.39, 0.29) is 18.3 Å². The summed E-state index contributed by atoms with van der Waals surface area (Å²) in [6.45, 7) is 5.42. The Hall–Kier alpha value is -3.12. The molecule has 3 aromatic rings. The number of halogens is 1. The van der Waals surface area contributed by atoms with Crippen LogP contribution in [0.2, 0.25) is 5.02 Å². The second-order valence-electron chi connectivity index (χ2n) is 6.31. The standard InChI is InChI=1S/C23H24ClNO5/c1-3-27-20-11-9-16(13-22(20)28-4-2)14-25-23(26)21-12-10-17(30-21)15-29-19-8-6-5-7-18(19)24/h5-13H,3-4,14-15H2,1-2H3,(H,25,26). The highest BCUT2D eigenvalue weighted by molar-refractivity contribution is 6.32. The lowest BCUT2D eigenvalue weighted by atomic mass is 10.2. The lowest BCUT2D eigenvalue weighted by Gasteiger charge is -2.12. The molecule has 1 N–H and O–H groups in total. The van der Waals surface area contributed by atoms with Crippen molar-refractivity contribution in [3.63, 3.8) is 0 Å². The Morgan fingerprint density at radius 1 is 0.933 bits per heavy atom. The predicted octanol–water partition coefficient (Wildman–Crippen LogP) is 5.24.